The molecule has 2 aromatic carbocycles. The van der Waals surface area contributed by atoms with Crippen LogP contribution in [0.4, 0.5) is 0 Å². The summed E-state index contributed by atoms with van der Waals surface area (Å²) in [4.78, 5) is 26.5. The van der Waals surface area contributed by atoms with E-state index in [1.807, 2.05) is 30.3 Å². The van der Waals surface area contributed by atoms with Gasteiger partial charge in [0.1, 0.15) is 23.3 Å². The van der Waals surface area contributed by atoms with E-state index in [-0.39, 0.29) is 24.5 Å². The highest BCUT2D eigenvalue weighted by Gasteiger charge is 2.36. The summed E-state index contributed by atoms with van der Waals surface area (Å²) in [5.41, 5.74) is 0. The van der Waals surface area contributed by atoms with Crippen LogP contribution in [-0.4, -0.2) is 41.9 Å². The maximum Gasteiger partial charge on any atom is 0.261 e. The molecule has 6 nitrogen and oxygen atoms in total. The Morgan fingerprint density at radius 3 is 2.32 bits per heavy atom. The van der Waals surface area contributed by atoms with Crippen LogP contribution < -0.4 is 14.8 Å². The van der Waals surface area contributed by atoms with Gasteiger partial charge >= 0.3 is 0 Å². The van der Waals surface area contributed by atoms with Crippen molar-refractivity contribution in [3.05, 3.63) is 54.6 Å². The number of nitrogens with zero attached hydrogens (tertiary/aromatic N) is 1. The molecule has 1 unspecified atom stereocenters. The van der Waals surface area contributed by atoms with Crippen molar-refractivity contribution in [1.29, 1.82) is 0 Å². The summed E-state index contributed by atoms with van der Waals surface area (Å²) in [5, 5.41) is 2.99. The average Bonchev–Trinajstić information content (AvgIpc) is 3.39. The molecule has 0 spiro atoms. The van der Waals surface area contributed by atoms with E-state index in [1.54, 1.807) is 29.2 Å². The van der Waals surface area contributed by atoms with Crippen LogP contribution in [0.25, 0.3) is 0 Å². The van der Waals surface area contributed by atoms with Crippen molar-refractivity contribution in [2.75, 3.05) is 13.2 Å². The van der Waals surface area contributed by atoms with Gasteiger partial charge in [0.25, 0.3) is 5.91 Å². The fourth-order valence-corrected chi connectivity index (χ4v) is 3.32. The molecule has 6 heteroatoms. The summed E-state index contributed by atoms with van der Waals surface area (Å²) in [7, 11) is 0. The van der Waals surface area contributed by atoms with Gasteiger partial charge in [-0.15, -0.1) is 0 Å². The van der Waals surface area contributed by atoms with Gasteiger partial charge in [0.2, 0.25) is 5.91 Å². The standard InChI is InChI=1S/C22H24N2O4/c25-21(24-14-4-7-20(24)22(26)23-16-8-9-16)15-27-17-10-12-19(13-11-17)28-18-5-2-1-3-6-18/h1-3,5-6,10-13,16,20H,4,7-9,14-15H2,(H,23,26). The van der Waals surface area contributed by atoms with Crippen molar-refractivity contribution >= 4 is 11.8 Å². The summed E-state index contributed by atoms with van der Waals surface area (Å²) in [6, 6.07) is 16.6. The van der Waals surface area contributed by atoms with E-state index in [0.29, 0.717) is 24.1 Å². The van der Waals surface area contributed by atoms with Crippen LogP contribution >= 0.6 is 0 Å². The molecular formula is C22H24N2O4. The topological polar surface area (TPSA) is 67.9 Å². The first-order chi connectivity index (χ1) is 13.7. The molecule has 2 fully saturated rings. The Labute approximate surface area is 164 Å². The minimum atomic E-state index is -0.363. The molecule has 1 heterocycles. The lowest BCUT2D eigenvalue weighted by Crippen LogP contribution is -2.47. The van der Waals surface area contributed by atoms with E-state index in [4.69, 9.17) is 9.47 Å². The zero-order valence-electron chi connectivity index (χ0n) is 15.7. The van der Waals surface area contributed by atoms with E-state index >= 15 is 0 Å². The van der Waals surface area contributed by atoms with E-state index in [1.165, 1.54) is 0 Å². The van der Waals surface area contributed by atoms with Crippen LogP contribution in [0.5, 0.6) is 17.2 Å². The Balaban J connectivity index is 1.28. The van der Waals surface area contributed by atoms with Gasteiger partial charge in [0.05, 0.1) is 0 Å². The maximum absolute atomic E-state index is 12.5. The average molecular weight is 380 g/mol. The van der Waals surface area contributed by atoms with Gasteiger partial charge < -0.3 is 19.7 Å². The second kappa shape index (κ2) is 8.33. The maximum atomic E-state index is 12.5. The number of carbonyl (C=O) groups is 2. The number of nitrogens with one attached hydrogen (secondary N) is 1. The second-order valence-electron chi connectivity index (χ2n) is 7.20. The van der Waals surface area contributed by atoms with Gasteiger partial charge in [-0.3, -0.25) is 9.59 Å². The van der Waals surface area contributed by atoms with Crippen molar-refractivity contribution in [2.24, 2.45) is 0 Å². The monoisotopic (exact) mass is 380 g/mol. The number of hydrogen-bond donors (Lipinski definition) is 1. The molecule has 1 atom stereocenters. The highest BCUT2D eigenvalue weighted by Crippen LogP contribution is 2.25. The van der Waals surface area contributed by atoms with Crippen molar-refractivity contribution in [2.45, 2.75) is 37.8 Å². The smallest absolute Gasteiger partial charge is 0.261 e. The number of amides is 2. The lowest BCUT2D eigenvalue weighted by Gasteiger charge is -2.24. The van der Waals surface area contributed by atoms with Gasteiger partial charge in [-0.2, -0.15) is 0 Å². The van der Waals surface area contributed by atoms with Crippen LogP contribution in [0.1, 0.15) is 25.7 Å². The predicted octanol–water partition coefficient (Wildman–Crippen LogP) is 3.13. The van der Waals surface area contributed by atoms with Crippen LogP contribution in [0, 0.1) is 0 Å². The molecule has 1 N–H and O–H groups in total. The largest absolute Gasteiger partial charge is 0.484 e. The molecule has 1 saturated heterocycles. The summed E-state index contributed by atoms with van der Waals surface area (Å²) in [6.07, 6.45) is 3.65. The number of para-hydroxylation sites is 1. The number of ether oxygens (including phenoxy) is 2. The first-order valence-corrected chi connectivity index (χ1v) is 9.75. The van der Waals surface area contributed by atoms with Crippen molar-refractivity contribution < 1.29 is 19.1 Å². The van der Waals surface area contributed by atoms with Gasteiger partial charge in [-0.25, -0.2) is 0 Å². The lowest BCUT2D eigenvalue weighted by molar-refractivity contribution is -0.140. The third-order valence-electron chi connectivity index (χ3n) is 4.96. The van der Waals surface area contributed by atoms with Crippen molar-refractivity contribution in [1.82, 2.24) is 10.2 Å². The Bertz CT molecular complexity index is 818. The van der Waals surface area contributed by atoms with Crippen molar-refractivity contribution in [3.63, 3.8) is 0 Å². The predicted molar refractivity (Wildman–Crippen MR) is 104 cm³/mol. The summed E-state index contributed by atoms with van der Waals surface area (Å²) in [5.74, 6) is 1.86. The quantitative estimate of drug-likeness (QED) is 0.801. The van der Waals surface area contributed by atoms with Crippen LogP contribution in [0.2, 0.25) is 0 Å². The number of rotatable bonds is 7. The van der Waals surface area contributed by atoms with Crippen LogP contribution in [0.3, 0.4) is 0 Å². The number of benzene rings is 2. The summed E-state index contributed by atoms with van der Waals surface area (Å²) < 4.78 is 11.4. The zero-order valence-corrected chi connectivity index (χ0v) is 15.7. The first-order valence-electron chi connectivity index (χ1n) is 9.75. The fourth-order valence-electron chi connectivity index (χ4n) is 3.32. The number of likely N-dealkylation sites (tertiary alicyclic amines) is 1. The Kier molecular flexibility index (Phi) is 5.46. The fraction of sp³-hybridized carbons (Fsp3) is 0.364. The van der Waals surface area contributed by atoms with Crippen LogP contribution in [-0.2, 0) is 9.59 Å². The molecule has 1 aliphatic carbocycles. The van der Waals surface area contributed by atoms with Gasteiger partial charge in [0.15, 0.2) is 6.61 Å². The molecule has 2 amide bonds. The minimum absolute atomic E-state index is 0.0317. The van der Waals surface area contributed by atoms with Crippen LogP contribution in [0.15, 0.2) is 54.6 Å². The zero-order chi connectivity index (χ0) is 19.3. The number of hydrogen-bond acceptors (Lipinski definition) is 4. The highest BCUT2D eigenvalue weighted by atomic mass is 16.5. The molecular weight excluding hydrogens is 356 g/mol. The molecule has 0 radical (unpaired) electrons. The number of carbonyl (C=O) groups excluding carboxylic acids is 2. The normalized spacial score (nSPS) is 18.6. The van der Waals surface area contributed by atoms with Gasteiger partial charge in [0, 0.05) is 12.6 Å². The third kappa shape index (κ3) is 4.63. The molecule has 0 bridgehead atoms. The molecule has 28 heavy (non-hydrogen) atoms. The summed E-state index contributed by atoms with van der Waals surface area (Å²) in [6.45, 7) is 0.529. The lowest BCUT2D eigenvalue weighted by atomic mass is 10.2. The van der Waals surface area contributed by atoms with E-state index in [9.17, 15) is 9.59 Å². The third-order valence-corrected chi connectivity index (χ3v) is 4.96. The highest BCUT2D eigenvalue weighted by molar-refractivity contribution is 5.89. The molecule has 4 rings (SSSR count). The first kappa shape index (κ1) is 18.3. The second-order valence-corrected chi connectivity index (χ2v) is 7.20. The van der Waals surface area contributed by atoms with Crippen molar-refractivity contribution in [3.8, 4) is 17.2 Å². The molecule has 0 aromatic heterocycles. The Hall–Kier alpha value is -3.02. The van der Waals surface area contributed by atoms with E-state index < -0.39 is 0 Å². The van der Waals surface area contributed by atoms with E-state index in [0.717, 1.165) is 31.4 Å². The molecule has 146 valence electrons. The minimum Gasteiger partial charge on any atom is -0.484 e. The molecule has 2 aliphatic rings. The Morgan fingerprint density at radius 2 is 1.61 bits per heavy atom. The summed E-state index contributed by atoms with van der Waals surface area (Å²) >= 11 is 0. The van der Waals surface area contributed by atoms with E-state index in [2.05, 4.69) is 5.32 Å². The van der Waals surface area contributed by atoms with Gasteiger partial charge in [-0.1, -0.05) is 18.2 Å². The Morgan fingerprint density at radius 1 is 0.929 bits per heavy atom. The molecule has 2 aromatic rings. The molecule has 1 saturated carbocycles. The molecule has 1 aliphatic heterocycles. The van der Waals surface area contributed by atoms with Gasteiger partial charge in [-0.05, 0) is 62.1 Å². The SMILES string of the molecule is O=C(NC1CC1)C1CCCN1C(=O)COc1ccc(Oc2ccccc2)cc1.